The molecule has 1 aliphatic heterocycles. The number of carbonyl (C=O) groups excluding carboxylic acids is 2. The van der Waals surface area contributed by atoms with Crippen LogP contribution in [0.25, 0.3) is 0 Å². The van der Waals surface area contributed by atoms with Crippen LogP contribution in [0.5, 0.6) is 0 Å². The molecule has 7 heteroatoms. The van der Waals surface area contributed by atoms with Gasteiger partial charge in [0.05, 0.1) is 14.1 Å². The number of amides is 2. The van der Waals surface area contributed by atoms with Crippen molar-refractivity contribution in [2.45, 2.75) is 50.4 Å². The Morgan fingerprint density at radius 1 is 1.10 bits per heavy atom. The van der Waals surface area contributed by atoms with Gasteiger partial charge in [-0.15, -0.1) is 0 Å². The average Bonchev–Trinajstić information content (AvgIpc) is 3.12. The normalized spacial score (nSPS) is 17.3. The summed E-state index contributed by atoms with van der Waals surface area (Å²) in [5, 5.41) is 10.4. The quantitative estimate of drug-likeness (QED) is 0.601. The summed E-state index contributed by atoms with van der Waals surface area (Å²) in [6.45, 7) is 4.50. The maximum Gasteiger partial charge on any atom is 0.416 e. The number of imide groups is 1. The van der Waals surface area contributed by atoms with Gasteiger partial charge in [-0.25, -0.2) is 9.69 Å². The highest BCUT2D eigenvalue weighted by Crippen LogP contribution is 2.32. The molecule has 2 atom stereocenters. The lowest BCUT2D eigenvalue weighted by Gasteiger charge is -2.34. The van der Waals surface area contributed by atoms with E-state index in [0.717, 1.165) is 5.56 Å². The van der Waals surface area contributed by atoms with Gasteiger partial charge in [0.25, 0.3) is 0 Å². The van der Waals surface area contributed by atoms with E-state index in [1.807, 2.05) is 60.7 Å². The van der Waals surface area contributed by atoms with E-state index in [-0.39, 0.29) is 36.9 Å². The lowest BCUT2D eigenvalue weighted by atomic mass is 10.1. The van der Waals surface area contributed by atoms with Gasteiger partial charge in [-0.05, 0) is 23.9 Å². The molecular weight excluding hydrogens is 410 g/mol. The number of cyclic esters (lactones) is 1. The first-order valence-electron chi connectivity index (χ1n) is 10.6. The predicted molar refractivity (Wildman–Crippen MR) is 121 cm³/mol. The van der Waals surface area contributed by atoms with Crippen molar-refractivity contribution in [3.8, 4) is 0 Å². The Balaban J connectivity index is 1.79. The topological polar surface area (TPSA) is 83.9 Å². The molecule has 1 heterocycles. The van der Waals surface area contributed by atoms with Gasteiger partial charge in [-0.1, -0.05) is 78.9 Å². The number of hydrogen-bond acceptors (Lipinski definition) is 4. The molecule has 0 aromatic heterocycles. The number of aliphatic carboxylic acids is 1. The van der Waals surface area contributed by atoms with E-state index in [1.54, 1.807) is 0 Å². The highest BCUT2D eigenvalue weighted by molar-refractivity contribution is 6.91. The van der Waals surface area contributed by atoms with Crippen LogP contribution in [-0.2, 0) is 20.7 Å². The predicted octanol–water partition coefficient (Wildman–Crippen LogP) is 3.82. The van der Waals surface area contributed by atoms with Gasteiger partial charge in [0.15, 0.2) is 0 Å². The number of rotatable bonds is 9. The molecule has 0 radical (unpaired) electrons. The molecule has 0 aliphatic carbocycles. The van der Waals surface area contributed by atoms with Crippen molar-refractivity contribution >= 4 is 31.2 Å². The monoisotopic (exact) mass is 439 g/mol. The third-order valence-corrected chi connectivity index (χ3v) is 10.6. The highest BCUT2D eigenvalue weighted by Gasteiger charge is 2.41. The first-order chi connectivity index (χ1) is 14.8. The van der Waals surface area contributed by atoms with Crippen LogP contribution in [0.2, 0.25) is 18.6 Å². The molecule has 0 spiro atoms. The van der Waals surface area contributed by atoms with Gasteiger partial charge in [-0.3, -0.25) is 9.59 Å². The van der Waals surface area contributed by atoms with Crippen LogP contribution in [0.3, 0.4) is 0 Å². The van der Waals surface area contributed by atoms with Crippen molar-refractivity contribution in [1.82, 2.24) is 4.90 Å². The van der Waals surface area contributed by atoms with Crippen LogP contribution in [0.1, 0.15) is 24.8 Å². The summed E-state index contributed by atoms with van der Waals surface area (Å²) in [5.74, 6) is -1.16. The molecule has 1 aliphatic rings. The van der Waals surface area contributed by atoms with Crippen LogP contribution < -0.4 is 5.19 Å². The molecule has 0 bridgehead atoms. The van der Waals surface area contributed by atoms with Crippen LogP contribution in [0.15, 0.2) is 60.7 Å². The number of nitrogens with zero attached hydrogens (tertiary/aromatic N) is 1. The van der Waals surface area contributed by atoms with Crippen molar-refractivity contribution in [3.05, 3.63) is 66.2 Å². The minimum absolute atomic E-state index is 0.000892. The molecule has 2 aromatic carbocycles. The van der Waals surface area contributed by atoms with E-state index in [2.05, 4.69) is 13.1 Å². The Morgan fingerprint density at radius 3 is 2.32 bits per heavy atom. The summed E-state index contributed by atoms with van der Waals surface area (Å²) in [5.41, 5.74) is 0.925. The number of benzene rings is 2. The third-order valence-electron chi connectivity index (χ3n) is 6.21. The SMILES string of the molecule is C[Si](C)(c1ccccc1)[C@H](CCC(=O)O)CC(=O)N1C(=O)OC[C@@H]1Cc1ccccc1. The molecule has 0 unspecified atom stereocenters. The summed E-state index contributed by atoms with van der Waals surface area (Å²) in [6.07, 6.45) is 0.474. The average molecular weight is 440 g/mol. The molecule has 3 rings (SSSR count). The van der Waals surface area contributed by atoms with Crippen LogP contribution in [0.4, 0.5) is 4.79 Å². The van der Waals surface area contributed by atoms with Crippen LogP contribution in [0, 0.1) is 0 Å². The Labute approximate surface area is 183 Å². The zero-order chi connectivity index (χ0) is 22.4. The number of hydrogen-bond donors (Lipinski definition) is 1. The first kappa shape index (κ1) is 22.7. The summed E-state index contributed by atoms with van der Waals surface area (Å²) in [4.78, 5) is 38.2. The standard InChI is InChI=1S/C24H29NO5Si/c1-31(2,20-11-7-4-8-12-20)21(13-14-23(27)28)16-22(26)25-19(17-30-24(25)29)15-18-9-5-3-6-10-18/h3-12,19,21H,13-17H2,1-2H3,(H,27,28)/t19-,21+/m0/s1. The third kappa shape index (κ3) is 5.61. The van der Waals surface area contributed by atoms with E-state index in [4.69, 9.17) is 4.74 Å². The fraction of sp³-hybridized carbons (Fsp3) is 0.375. The van der Waals surface area contributed by atoms with Gasteiger partial charge >= 0.3 is 12.1 Å². The van der Waals surface area contributed by atoms with E-state index >= 15 is 0 Å². The summed E-state index contributed by atoms with van der Waals surface area (Å²) in [7, 11) is -2.17. The molecule has 2 amide bonds. The highest BCUT2D eigenvalue weighted by atomic mass is 28.3. The number of carbonyl (C=O) groups is 3. The second-order valence-electron chi connectivity index (χ2n) is 8.61. The van der Waals surface area contributed by atoms with Crippen molar-refractivity contribution in [3.63, 3.8) is 0 Å². The van der Waals surface area contributed by atoms with Gasteiger partial charge in [-0.2, -0.15) is 0 Å². The zero-order valence-electron chi connectivity index (χ0n) is 18.0. The molecule has 0 saturated carbocycles. The Kier molecular flexibility index (Phi) is 7.28. The Morgan fingerprint density at radius 2 is 1.71 bits per heavy atom. The molecule has 2 aromatic rings. The van der Waals surface area contributed by atoms with E-state index < -0.39 is 20.1 Å². The maximum absolute atomic E-state index is 13.3. The van der Waals surface area contributed by atoms with E-state index in [1.165, 1.54) is 10.1 Å². The van der Waals surface area contributed by atoms with Crippen LogP contribution in [-0.4, -0.2) is 48.7 Å². The van der Waals surface area contributed by atoms with E-state index in [9.17, 15) is 19.5 Å². The molecule has 1 N–H and O–H groups in total. The molecule has 164 valence electrons. The minimum atomic E-state index is -2.17. The number of carboxylic acid groups (broad SMARTS) is 1. The number of carboxylic acids is 1. The maximum atomic E-state index is 13.3. The lowest BCUT2D eigenvalue weighted by molar-refractivity contribution is -0.137. The van der Waals surface area contributed by atoms with Crippen LogP contribution >= 0.6 is 0 Å². The number of ether oxygens (including phenoxy) is 1. The first-order valence-corrected chi connectivity index (χ1v) is 13.7. The minimum Gasteiger partial charge on any atom is -0.481 e. The van der Waals surface area contributed by atoms with Gasteiger partial charge in [0.1, 0.15) is 6.61 Å². The fourth-order valence-corrected chi connectivity index (χ4v) is 7.30. The fourth-order valence-electron chi connectivity index (χ4n) is 4.23. The van der Waals surface area contributed by atoms with E-state index in [0.29, 0.717) is 12.8 Å². The summed E-state index contributed by atoms with van der Waals surface area (Å²) < 4.78 is 5.20. The van der Waals surface area contributed by atoms with Gasteiger partial charge in [0, 0.05) is 12.8 Å². The molecule has 1 fully saturated rings. The van der Waals surface area contributed by atoms with Crippen molar-refractivity contribution < 1.29 is 24.2 Å². The Bertz CT molecular complexity index is 916. The van der Waals surface area contributed by atoms with Crippen molar-refractivity contribution in [1.29, 1.82) is 0 Å². The second kappa shape index (κ2) is 9.92. The zero-order valence-corrected chi connectivity index (χ0v) is 19.0. The summed E-state index contributed by atoms with van der Waals surface area (Å²) in [6, 6.07) is 19.3. The molecule has 31 heavy (non-hydrogen) atoms. The van der Waals surface area contributed by atoms with Crippen molar-refractivity contribution in [2.24, 2.45) is 0 Å². The molecule has 6 nitrogen and oxygen atoms in total. The molecular formula is C24H29NO5Si. The smallest absolute Gasteiger partial charge is 0.416 e. The Hall–Kier alpha value is -2.93. The lowest BCUT2D eigenvalue weighted by Crippen LogP contribution is -2.49. The van der Waals surface area contributed by atoms with Crippen molar-refractivity contribution in [2.75, 3.05) is 6.61 Å². The second-order valence-corrected chi connectivity index (χ2v) is 13.4. The molecule has 1 saturated heterocycles. The van der Waals surface area contributed by atoms with Gasteiger partial charge in [0.2, 0.25) is 5.91 Å². The summed E-state index contributed by atoms with van der Waals surface area (Å²) >= 11 is 0. The largest absolute Gasteiger partial charge is 0.481 e. The van der Waals surface area contributed by atoms with Gasteiger partial charge < -0.3 is 9.84 Å².